The number of aliphatic carboxylic acids is 1. The molecule has 0 atom stereocenters. The van der Waals surface area contributed by atoms with Crippen LogP contribution in [0.4, 0.5) is 0 Å². The van der Waals surface area contributed by atoms with Crippen molar-refractivity contribution in [3.05, 3.63) is 51.0 Å². The molecule has 3 rings (SSSR count). The highest BCUT2D eigenvalue weighted by atomic mass is 32.1. The van der Waals surface area contributed by atoms with E-state index in [2.05, 4.69) is 4.98 Å². The van der Waals surface area contributed by atoms with Crippen molar-refractivity contribution in [2.75, 3.05) is 0 Å². The van der Waals surface area contributed by atoms with Gasteiger partial charge in [-0.15, -0.1) is 11.3 Å². The molecule has 1 saturated carbocycles. The van der Waals surface area contributed by atoms with Crippen LogP contribution in [-0.2, 0) is 28.9 Å². The molecule has 0 saturated heterocycles. The number of rotatable bonds is 8. The van der Waals surface area contributed by atoms with Gasteiger partial charge >= 0.3 is 5.97 Å². The maximum atomic E-state index is 13.0. The van der Waals surface area contributed by atoms with Crippen LogP contribution in [0, 0.1) is 12.8 Å². The third-order valence-electron chi connectivity index (χ3n) is 5.17. The first-order valence-corrected chi connectivity index (χ1v) is 10.6. The summed E-state index contributed by atoms with van der Waals surface area (Å²) in [6.07, 6.45) is 5.48. The standard InChI is InChI=1S/C22H25NO4S/c1-14-7-8-16(19(9-14)22(27)15-5-3-2-4-6-15)10-18(24)12-20-23-17(13-28-20)11-21(25)26/h7-9,13,15H,2-6,10-12H2,1H3,(H,25,26). The number of aryl methyl sites for hydroxylation is 1. The molecule has 0 spiro atoms. The summed E-state index contributed by atoms with van der Waals surface area (Å²) in [5.74, 6) is -0.711. The SMILES string of the molecule is Cc1ccc(CC(=O)Cc2nc(CC(=O)O)cs2)c(C(=O)C2CCCCC2)c1. The largest absolute Gasteiger partial charge is 0.481 e. The number of carboxylic acids is 1. The molecule has 6 heteroatoms. The summed E-state index contributed by atoms with van der Waals surface area (Å²) in [6, 6.07) is 5.74. The van der Waals surface area contributed by atoms with E-state index in [-0.39, 0.29) is 36.7 Å². The number of carboxylic acid groups (broad SMARTS) is 1. The minimum atomic E-state index is -0.936. The number of hydrogen-bond acceptors (Lipinski definition) is 5. The first-order chi connectivity index (χ1) is 13.4. The van der Waals surface area contributed by atoms with E-state index in [1.807, 2.05) is 25.1 Å². The predicted molar refractivity (Wildman–Crippen MR) is 108 cm³/mol. The van der Waals surface area contributed by atoms with Crippen molar-refractivity contribution in [3.8, 4) is 0 Å². The number of hydrogen-bond donors (Lipinski definition) is 1. The lowest BCUT2D eigenvalue weighted by atomic mass is 9.82. The van der Waals surface area contributed by atoms with E-state index in [1.165, 1.54) is 17.8 Å². The molecule has 1 fully saturated rings. The van der Waals surface area contributed by atoms with Crippen LogP contribution >= 0.6 is 11.3 Å². The number of aromatic nitrogens is 1. The van der Waals surface area contributed by atoms with Crippen molar-refractivity contribution in [1.82, 2.24) is 4.98 Å². The lowest BCUT2D eigenvalue weighted by Gasteiger charge is -2.21. The summed E-state index contributed by atoms with van der Waals surface area (Å²) in [5.41, 5.74) is 2.97. The normalized spacial score (nSPS) is 14.8. The summed E-state index contributed by atoms with van der Waals surface area (Å²) in [4.78, 5) is 40.6. The fourth-order valence-corrected chi connectivity index (χ4v) is 4.59. The van der Waals surface area contributed by atoms with Crippen LogP contribution in [0.1, 0.15) is 64.3 Å². The second-order valence-corrected chi connectivity index (χ2v) is 8.50. The number of carbonyl (C=O) groups excluding carboxylic acids is 2. The minimum absolute atomic E-state index is 0.0160. The van der Waals surface area contributed by atoms with E-state index in [0.29, 0.717) is 16.3 Å². The van der Waals surface area contributed by atoms with Gasteiger partial charge in [-0.3, -0.25) is 14.4 Å². The van der Waals surface area contributed by atoms with Crippen LogP contribution in [0.5, 0.6) is 0 Å². The van der Waals surface area contributed by atoms with Gasteiger partial charge in [0.1, 0.15) is 10.8 Å². The van der Waals surface area contributed by atoms with Crippen molar-refractivity contribution in [1.29, 1.82) is 0 Å². The van der Waals surface area contributed by atoms with Gasteiger partial charge in [-0.05, 0) is 31.4 Å². The molecule has 1 aliphatic rings. The van der Waals surface area contributed by atoms with E-state index in [9.17, 15) is 14.4 Å². The van der Waals surface area contributed by atoms with Gasteiger partial charge < -0.3 is 5.11 Å². The van der Waals surface area contributed by atoms with E-state index in [4.69, 9.17) is 5.11 Å². The lowest BCUT2D eigenvalue weighted by molar-refractivity contribution is -0.136. The number of ketones is 2. The molecule has 1 N–H and O–H groups in total. The Labute approximate surface area is 168 Å². The molecule has 1 heterocycles. The Kier molecular flexibility index (Phi) is 6.73. The Morgan fingerprint density at radius 3 is 2.57 bits per heavy atom. The summed E-state index contributed by atoms with van der Waals surface area (Å²) >= 11 is 1.30. The smallest absolute Gasteiger partial charge is 0.309 e. The topological polar surface area (TPSA) is 84.3 Å². The third-order valence-corrected chi connectivity index (χ3v) is 6.07. The van der Waals surface area contributed by atoms with Crippen LogP contribution < -0.4 is 0 Å². The van der Waals surface area contributed by atoms with Gasteiger partial charge in [-0.25, -0.2) is 4.98 Å². The summed E-state index contributed by atoms with van der Waals surface area (Å²) in [7, 11) is 0. The summed E-state index contributed by atoms with van der Waals surface area (Å²) < 4.78 is 0. The van der Waals surface area contributed by atoms with Gasteiger partial charge in [0.2, 0.25) is 0 Å². The molecule has 1 aromatic carbocycles. The highest BCUT2D eigenvalue weighted by molar-refractivity contribution is 7.09. The van der Waals surface area contributed by atoms with Crippen molar-refractivity contribution in [3.63, 3.8) is 0 Å². The molecule has 1 aliphatic carbocycles. The van der Waals surface area contributed by atoms with Gasteiger partial charge in [0.25, 0.3) is 0 Å². The Morgan fingerprint density at radius 2 is 1.86 bits per heavy atom. The highest BCUT2D eigenvalue weighted by Gasteiger charge is 2.25. The van der Waals surface area contributed by atoms with Crippen LogP contribution in [0.3, 0.4) is 0 Å². The monoisotopic (exact) mass is 399 g/mol. The Bertz CT molecular complexity index is 880. The number of thiazole rings is 1. The van der Waals surface area contributed by atoms with Gasteiger partial charge in [0.15, 0.2) is 5.78 Å². The fraction of sp³-hybridized carbons (Fsp3) is 0.455. The maximum Gasteiger partial charge on any atom is 0.309 e. The number of carbonyl (C=O) groups is 3. The van der Waals surface area contributed by atoms with Crippen molar-refractivity contribution < 1.29 is 19.5 Å². The summed E-state index contributed by atoms with van der Waals surface area (Å²) in [5, 5.41) is 11.1. The van der Waals surface area contributed by atoms with E-state index < -0.39 is 5.97 Å². The minimum Gasteiger partial charge on any atom is -0.481 e. The van der Waals surface area contributed by atoms with Crippen molar-refractivity contribution >= 4 is 28.9 Å². The molecule has 0 bridgehead atoms. The first kappa shape index (κ1) is 20.4. The average molecular weight is 400 g/mol. The summed E-state index contributed by atoms with van der Waals surface area (Å²) in [6.45, 7) is 1.96. The Hall–Kier alpha value is -2.34. The zero-order valence-corrected chi connectivity index (χ0v) is 16.9. The fourth-order valence-electron chi connectivity index (χ4n) is 3.77. The Morgan fingerprint density at radius 1 is 1.11 bits per heavy atom. The molecular weight excluding hydrogens is 374 g/mol. The molecule has 0 amide bonds. The van der Waals surface area contributed by atoms with Crippen LogP contribution in [0.15, 0.2) is 23.6 Å². The average Bonchev–Trinajstić information content (AvgIpc) is 3.09. The second-order valence-electron chi connectivity index (χ2n) is 7.56. The van der Waals surface area contributed by atoms with Gasteiger partial charge in [0.05, 0.1) is 18.5 Å². The van der Waals surface area contributed by atoms with E-state index >= 15 is 0 Å². The first-order valence-electron chi connectivity index (χ1n) is 9.73. The van der Waals surface area contributed by atoms with Crippen LogP contribution in [0.2, 0.25) is 0 Å². The molecule has 1 aromatic heterocycles. The molecule has 0 aliphatic heterocycles. The third kappa shape index (κ3) is 5.35. The number of nitrogens with zero attached hydrogens (tertiary/aromatic N) is 1. The molecule has 0 radical (unpaired) electrons. The van der Waals surface area contributed by atoms with Crippen LogP contribution in [-0.4, -0.2) is 27.6 Å². The predicted octanol–water partition coefficient (Wildman–Crippen LogP) is 4.20. The maximum absolute atomic E-state index is 13.0. The zero-order valence-electron chi connectivity index (χ0n) is 16.1. The van der Waals surface area contributed by atoms with Gasteiger partial charge in [0, 0.05) is 23.3 Å². The van der Waals surface area contributed by atoms with Crippen molar-refractivity contribution in [2.45, 2.75) is 58.3 Å². The lowest BCUT2D eigenvalue weighted by Crippen LogP contribution is -2.20. The van der Waals surface area contributed by atoms with Crippen molar-refractivity contribution in [2.24, 2.45) is 5.92 Å². The zero-order chi connectivity index (χ0) is 20.1. The quantitative estimate of drug-likeness (QED) is 0.673. The number of benzene rings is 1. The molecular formula is C22H25NO4S. The Balaban J connectivity index is 1.71. The van der Waals surface area contributed by atoms with Gasteiger partial charge in [-0.2, -0.15) is 0 Å². The van der Waals surface area contributed by atoms with E-state index in [0.717, 1.165) is 36.8 Å². The molecule has 148 valence electrons. The molecule has 2 aromatic rings. The number of Topliss-reactive ketones (excluding diaryl/α,β-unsaturated/α-hetero) is 2. The van der Waals surface area contributed by atoms with E-state index in [1.54, 1.807) is 5.38 Å². The molecule has 0 unspecified atom stereocenters. The molecule has 28 heavy (non-hydrogen) atoms. The second kappa shape index (κ2) is 9.24. The highest BCUT2D eigenvalue weighted by Crippen LogP contribution is 2.28. The van der Waals surface area contributed by atoms with Gasteiger partial charge in [-0.1, -0.05) is 37.0 Å². The molecule has 5 nitrogen and oxygen atoms in total. The van der Waals surface area contributed by atoms with Crippen LogP contribution in [0.25, 0.3) is 0 Å².